The zero-order valence-electron chi connectivity index (χ0n) is 14.4. The molecule has 2 heterocycles. The molecule has 2 aromatic heterocycles. The first-order valence-electron chi connectivity index (χ1n) is 7.42. The predicted octanol–water partition coefficient (Wildman–Crippen LogP) is 1.42. The summed E-state index contributed by atoms with van der Waals surface area (Å²) in [6.45, 7) is 5.84. The van der Waals surface area contributed by atoms with Gasteiger partial charge in [-0.05, 0) is 32.9 Å². The number of anilines is 1. The van der Waals surface area contributed by atoms with Gasteiger partial charge in [-0.15, -0.1) is 0 Å². The number of nitrogens with one attached hydrogen (secondary N) is 1. The molecule has 0 atom stereocenters. The second-order valence-electron chi connectivity index (χ2n) is 5.55. The monoisotopic (exact) mass is 351 g/mol. The van der Waals surface area contributed by atoms with Gasteiger partial charge in [-0.3, -0.25) is 14.2 Å². The highest BCUT2D eigenvalue weighted by Gasteiger charge is 2.24. The normalized spacial score (nSPS) is 11.4. The van der Waals surface area contributed by atoms with Gasteiger partial charge in [-0.1, -0.05) is 0 Å². The number of carbonyl (C=O) groups excluding carboxylic acids is 1. The maximum Gasteiger partial charge on any atom is 0.266 e. The summed E-state index contributed by atoms with van der Waals surface area (Å²) in [6, 6.07) is 2.99. The fourth-order valence-corrected chi connectivity index (χ4v) is 3.83. The van der Waals surface area contributed by atoms with E-state index in [0.717, 1.165) is 0 Å². The summed E-state index contributed by atoms with van der Waals surface area (Å²) in [6.07, 6.45) is 1.34. The van der Waals surface area contributed by atoms with E-state index in [0.29, 0.717) is 23.5 Å². The van der Waals surface area contributed by atoms with E-state index in [-0.39, 0.29) is 16.6 Å². The van der Waals surface area contributed by atoms with E-state index in [1.807, 2.05) is 6.92 Å². The van der Waals surface area contributed by atoms with Crippen molar-refractivity contribution >= 4 is 21.7 Å². The van der Waals surface area contributed by atoms with Crippen molar-refractivity contribution in [3.8, 4) is 0 Å². The number of aromatic nitrogens is 3. The van der Waals surface area contributed by atoms with E-state index in [9.17, 15) is 13.2 Å². The number of nitrogens with zero attached hydrogens (tertiary/aromatic N) is 4. The van der Waals surface area contributed by atoms with Crippen molar-refractivity contribution in [3.63, 3.8) is 0 Å². The molecule has 0 bridgehead atoms. The lowest BCUT2D eigenvalue weighted by atomic mass is 10.2. The molecular weight excluding hydrogens is 330 g/mol. The van der Waals surface area contributed by atoms with Gasteiger partial charge in [-0.25, -0.2) is 13.4 Å². The minimum absolute atomic E-state index is 0.147. The minimum atomic E-state index is -3.80. The lowest BCUT2D eigenvalue weighted by molar-refractivity contribution is 0.0827. The molecule has 2 aromatic rings. The van der Waals surface area contributed by atoms with Crippen molar-refractivity contribution in [2.45, 2.75) is 32.2 Å². The van der Waals surface area contributed by atoms with Crippen LogP contribution in [0.15, 0.2) is 23.2 Å². The Morgan fingerprint density at radius 1 is 1.29 bits per heavy atom. The Labute approximate surface area is 141 Å². The Morgan fingerprint density at radius 3 is 2.42 bits per heavy atom. The molecular formula is C15H21N5O3S. The Kier molecular flexibility index (Phi) is 4.93. The van der Waals surface area contributed by atoms with Crippen LogP contribution in [0.1, 0.15) is 28.7 Å². The number of hydrogen-bond acceptors (Lipinski definition) is 5. The fourth-order valence-electron chi connectivity index (χ4n) is 2.40. The third-order valence-electron chi connectivity index (χ3n) is 3.54. The van der Waals surface area contributed by atoms with Crippen molar-refractivity contribution < 1.29 is 13.2 Å². The van der Waals surface area contributed by atoms with Crippen molar-refractivity contribution in [2.75, 3.05) is 18.8 Å². The third kappa shape index (κ3) is 3.40. The van der Waals surface area contributed by atoms with Crippen LogP contribution in [0, 0.1) is 13.8 Å². The van der Waals surface area contributed by atoms with Crippen LogP contribution in [0.4, 0.5) is 5.82 Å². The zero-order valence-corrected chi connectivity index (χ0v) is 15.2. The molecule has 9 heteroatoms. The highest BCUT2D eigenvalue weighted by molar-refractivity contribution is 7.92. The second-order valence-corrected chi connectivity index (χ2v) is 7.17. The van der Waals surface area contributed by atoms with Gasteiger partial charge >= 0.3 is 0 Å². The molecule has 0 unspecified atom stereocenters. The molecule has 8 nitrogen and oxygen atoms in total. The molecule has 0 aliphatic heterocycles. The molecule has 0 aromatic carbocycles. The Hall–Kier alpha value is -2.42. The number of amides is 1. The van der Waals surface area contributed by atoms with Crippen LogP contribution in [0.25, 0.3) is 0 Å². The SMILES string of the molecule is CCn1nc(C)c(S(=O)(=O)Nc2ccc(C(=O)N(C)C)cn2)c1C. The Balaban J connectivity index is 2.30. The summed E-state index contributed by atoms with van der Waals surface area (Å²) in [7, 11) is -0.535. The van der Waals surface area contributed by atoms with Crippen molar-refractivity contribution in [1.82, 2.24) is 19.7 Å². The lowest BCUT2D eigenvalue weighted by Gasteiger charge is -2.11. The number of pyridine rings is 1. The summed E-state index contributed by atoms with van der Waals surface area (Å²) in [5, 5.41) is 4.22. The molecule has 1 N–H and O–H groups in total. The Bertz CT molecular complexity index is 854. The van der Waals surface area contributed by atoms with E-state index in [4.69, 9.17) is 0 Å². The summed E-state index contributed by atoms with van der Waals surface area (Å²) in [5.41, 5.74) is 1.39. The smallest absolute Gasteiger partial charge is 0.266 e. The Morgan fingerprint density at radius 2 is 1.96 bits per heavy atom. The first-order valence-corrected chi connectivity index (χ1v) is 8.90. The number of sulfonamides is 1. The first-order chi connectivity index (χ1) is 11.2. The topological polar surface area (TPSA) is 97.2 Å². The largest absolute Gasteiger partial charge is 0.345 e. The molecule has 0 aliphatic rings. The van der Waals surface area contributed by atoms with E-state index in [1.165, 1.54) is 23.2 Å². The average Bonchev–Trinajstić information content (AvgIpc) is 2.81. The van der Waals surface area contributed by atoms with Gasteiger partial charge in [-0.2, -0.15) is 5.10 Å². The fraction of sp³-hybridized carbons (Fsp3) is 0.400. The maximum atomic E-state index is 12.6. The molecule has 0 saturated heterocycles. The lowest BCUT2D eigenvalue weighted by Crippen LogP contribution is -2.22. The first kappa shape index (κ1) is 17.9. The maximum absolute atomic E-state index is 12.6. The molecule has 0 spiro atoms. The molecule has 0 radical (unpaired) electrons. The van der Waals surface area contributed by atoms with Gasteiger partial charge in [0.1, 0.15) is 10.7 Å². The second kappa shape index (κ2) is 6.60. The van der Waals surface area contributed by atoms with Gasteiger partial charge in [0, 0.05) is 26.8 Å². The molecule has 0 fully saturated rings. The van der Waals surface area contributed by atoms with Gasteiger partial charge in [0.25, 0.3) is 15.9 Å². The van der Waals surface area contributed by atoms with Gasteiger partial charge in [0.2, 0.25) is 0 Å². The molecule has 1 amide bonds. The van der Waals surface area contributed by atoms with E-state index in [1.54, 1.807) is 32.6 Å². The number of rotatable bonds is 5. The number of carbonyl (C=O) groups is 1. The summed E-state index contributed by atoms with van der Waals surface area (Å²) < 4.78 is 29.3. The molecule has 0 saturated carbocycles. The number of hydrogen-bond donors (Lipinski definition) is 1. The van der Waals surface area contributed by atoms with Crippen LogP contribution in [0.2, 0.25) is 0 Å². The quantitative estimate of drug-likeness (QED) is 0.878. The summed E-state index contributed by atoms with van der Waals surface area (Å²) in [5.74, 6) is -0.0545. The summed E-state index contributed by atoms with van der Waals surface area (Å²) >= 11 is 0. The zero-order chi connectivity index (χ0) is 18.1. The van der Waals surface area contributed by atoms with Crippen molar-refractivity contribution in [2.24, 2.45) is 0 Å². The van der Waals surface area contributed by atoms with Crippen molar-refractivity contribution in [1.29, 1.82) is 0 Å². The molecule has 130 valence electrons. The van der Waals surface area contributed by atoms with Crippen LogP contribution < -0.4 is 4.72 Å². The molecule has 24 heavy (non-hydrogen) atoms. The molecule has 0 aliphatic carbocycles. The van der Waals surface area contributed by atoms with Crippen molar-refractivity contribution in [3.05, 3.63) is 35.3 Å². The van der Waals surface area contributed by atoms with E-state index < -0.39 is 10.0 Å². The predicted molar refractivity (Wildman–Crippen MR) is 90.4 cm³/mol. The van der Waals surface area contributed by atoms with Gasteiger partial charge in [0.05, 0.1) is 17.0 Å². The number of aryl methyl sites for hydroxylation is 2. The average molecular weight is 351 g/mol. The van der Waals surface area contributed by atoms with Crippen LogP contribution >= 0.6 is 0 Å². The van der Waals surface area contributed by atoms with Crippen LogP contribution in [-0.4, -0.2) is 48.1 Å². The molecule has 2 rings (SSSR count). The van der Waals surface area contributed by atoms with Crippen LogP contribution in [-0.2, 0) is 16.6 Å². The van der Waals surface area contributed by atoms with E-state index >= 15 is 0 Å². The minimum Gasteiger partial charge on any atom is -0.345 e. The van der Waals surface area contributed by atoms with Gasteiger partial charge < -0.3 is 4.90 Å². The summed E-state index contributed by atoms with van der Waals surface area (Å²) in [4.78, 5) is 17.4. The van der Waals surface area contributed by atoms with Crippen LogP contribution in [0.3, 0.4) is 0 Å². The van der Waals surface area contributed by atoms with Crippen LogP contribution in [0.5, 0.6) is 0 Å². The third-order valence-corrected chi connectivity index (χ3v) is 5.15. The van der Waals surface area contributed by atoms with E-state index in [2.05, 4.69) is 14.8 Å². The highest BCUT2D eigenvalue weighted by atomic mass is 32.2. The highest BCUT2D eigenvalue weighted by Crippen LogP contribution is 2.22. The van der Waals surface area contributed by atoms with Gasteiger partial charge in [0.15, 0.2) is 0 Å². The standard InChI is InChI=1S/C15H21N5O3S/c1-6-20-11(3)14(10(2)17-20)24(22,23)18-13-8-7-12(9-16-13)15(21)19(4)5/h7-9H,6H2,1-5H3,(H,16,18).